The molecule has 4 nitrogen and oxygen atoms in total. The molecule has 0 aromatic heterocycles. The van der Waals surface area contributed by atoms with E-state index < -0.39 is 5.41 Å². The van der Waals surface area contributed by atoms with Crippen LogP contribution in [0.25, 0.3) is 0 Å². The molecule has 0 N–H and O–H groups in total. The summed E-state index contributed by atoms with van der Waals surface area (Å²) in [5, 5.41) is 0. The standard InChI is InChI=1S/C28H44O4/c1-10-11-20(5)26(31-24-16-19(4)12-14-22(24)18(2)3)21-13-15-23(25(17-21)30-9)32-27(29)28(6,7)8/h10-11,13,15,17-20,22,24,26H,12,14,16H2,1-9H3/b11-10+/t19-,20+,22+,24-,26-/m1/s1. The number of allylic oxidation sites excluding steroid dienone is 1. The van der Waals surface area contributed by atoms with E-state index in [1.165, 1.54) is 12.8 Å². The number of methoxy groups -OCH3 is 1. The van der Waals surface area contributed by atoms with Crippen molar-refractivity contribution in [1.82, 2.24) is 0 Å². The zero-order valence-corrected chi connectivity index (χ0v) is 21.6. The number of carbonyl (C=O) groups is 1. The predicted octanol–water partition coefficient (Wildman–Crippen LogP) is 7.38. The van der Waals surface area contributed by atoms with Crippen molar-refractivity contribution in [2.45, 2.75) is 86.9 Å². The Kier molecular flexibility index (Phi) is 9.39. The average Bonchev–Trinajstić information content (AvgIpc) is 2.71. The van der Waals surface area contributed by atoms with Crippen LogP contribution >= 0.6 is 0 Å². The molecule has 0 amide bonds. The molecule has 0 unspecified atom stereocenters. The lowest BCUT2D eigenvalue weighted by Gasteiger charge is -2.40. The van der Waals surface area contributed by atoms with Gasteiger partial charge in [0.25, 0.3) is 0 Å². The predicted molar refractivity (Wildman–Crippen MR) is 131 cm³/mol. The topological polar surface area (TPSA) is 44.8 Å². The van der Waals surface area contributed by atoms with Crippen LogP contribution in [0.15, 0.2) is 30.4 Å². The van der Waals surface area contributed by atoms with Crippen molar-refractivity contribution in [3.05, 3.63) is 35.9 Å². The quantitative estimate of drug-likeness (QED) is 0.238. The Morgan fingerprint density at radius 2 is 1.81 bits per heavy atom. The molecule has 2 rings (SSSR count). The Hall–Kier alpha value is -1.81. The summed E-state index contributed by atoms with van der Waals surface area (Å²) in [4.78, 5) is 12.4. The molecule has 0 aliphatic heterocycles. The lowest BCUT2D eigenvalue weighted by Crippen LogP contribution is -2.36. The summed E-state index contributed by atoms with van der Waals surface area (Å²) in [6.07, 6.45) is 8.02. The van der Waals surface area contributed by atoms with Gasteiger partial charge in [-0.15, -0.1) is 0 Å². The maximum absolute atomic E-state index is 12.4. The van der Waals surface area contributed by atoms with Crippen LogP contribution in [0.5, 0.6) is 11.5 Å². The van der Waals surface area contributed by atoms with Crippen molar-refractivity contribution >= 4 is 5.97 Å². The lowest BCUT2D eigenvalue weighted by molar-refractivity contribution is -0.143. The first-order valence-corrected chi connectivity index (χ1v) is 12.2. The number of ether oxygens (including phenoxy) is 3. The SMILES string of the molecule is C/C=C/[C@H](C)[C@@H](O[C@@H]1C[C@H](C)CC[C@H]1C(C)C)c1ccc(OC(=O)C(C)(C)C)c(OC)c1. The zero-order chi connectivity index (χ0) is 24.1. The molecule has 4 heteroatoms. The van der Waals surface area contributed by atoms with E-state index in [0.29, 0.717) is 29.3 Å². The van der Waals surface area contributed by atoms with Crippen molar-refractivity contribution in [3.63, 3.8) is 0 Å². The van der Waals surface area contributed by atoms with Gasteiger partial charge in [-0.3, -0.25) is 4.79 Å². The van der Waals surface area contributed by atoms with E-state index in [-0.39, 0.29) is 24.1 Å². The molecule has 1 aliphatic carbocycles. The van der Waals surface area contributed by atoms with E-state index >= 15 is 0 Å². The van der Waals surface area contributed by atoms with Crippen LogP contribution < -0.4 is 9.47 Å². The van der Waals surface area contributed by atoms with E-state index in [1.807, 2.05) is 45.9 Å². The van der Waals surface area contributed by atoms with Gasteiger partial charge >= 0.3 is 5.97 Å². The van der Waals surface area contributed by atoms with Gasteiger partial charge < -0.3 is 14.2 Å². The van der Waals surface area contributed by atoms with Crippen LogP contribution in [-0.2, 0) is 9.53 Å². The summed E-state index contributed by atoms with van der Waals surface area (Å²) in [7, 11) is 1.61. The van der Waals surface area contributed by atoms with Crippen LogP contribution in [0.1, 0.15) is 86.3 Å². The van der Waals surface area contributed by atoms with Crippen LogP contribution in [0.2, 0.25) is 0 Å². The van der Waals surface area contributed by atoms with Gasteiger partial charge in [0, 0.05) is 5.92 Å². The Balaban J connectivity index is 2.36. The molecule has 1 aromatic carbocycles. The fraction of sp³-hybridized carbons (Fsp3) is 0.679. The Labute approximate surface area is 195 Å². The van der Waals surface area contributed by atoms with Crippen molar-refractivity contribution in [3.8, 4) is 11.5 Å². The van der Waals surface area contributed by atoms with Crippen LogP contribution in [0.3, 0.4) is 0 Å². The third-order valence-corrected chi connectivity index (χ3v) is 6.59. The van der Waals surface area contributed by atoms with Gasteiger partial charge in [-0.2, -0.15) is 0 Å². The van der Waals surface area contributed by atoms with Crippen LogP contribution in [0, 0.1) is 29.1 Å². The second-order valence-corrected chi connectivity index (χ2v) is 10.9. The molecule has 32 heavy (non-hydrogen) atoms. The molecule has 0 radical (unpaired) electrons. The van der Waals surface area contributed by atoms with Crippen molar-refractivity contribution < 1.29 is 19.0 Å². The fourth-order valence-corrected chi connectivity index (χ4v) is 4.57. The van der Waals surface area contributed by atoms with E-state index in [2.05, 4.69) is 39.8 Å². The monoisotopic (exact) mass is 444 g/mol. The summed E-state index contributed by atoms with van der Waals surface area (Å²) in [5.41, 5.74) is 0.461. The first-order chi connectivity index (χ1) is 15.0. The first-order valence-electron chi connectivity index (χ1n) is 12.2. The maximum Gasteiger partial charge on any atom is 0.316 e. The summed E-state index contributed by atoms with van der Waals surface area (Å²) in [6, 6.07) is 5.81. The van der Waals surface area contributed by atoms with Crippen molar-refractivity contribution in [2.75, 3.05) is 7.11 Å². The molecule has 1 aromatic rings. The summed E-state index contributed by atoms with van der Waals surface area (Å²) in [6.45, 7) is 16.7. The average molecular weight is 445 g/mol. The summed E-state index contributed by atoms with van der Waals surface area (Å²) >= 11 is 0. The van der Waals surface area contributed by atoms with Gasteiger partial charge in [0.1, 0.15) is 0 Å². The highest BCUT2D eigenvalue weighted by atomic mass is 16.6. The minimum Gasteiger partial charge on any atom is -0.493 e. The van der Waals surface area contributed by atoms with Gasteiger partial charge in [0.15, 0.2) is 11.5 Å². The molecule has 1 fully saturated rings. The van der Waals surface area contributed by atoms with Gasteiger partial charge in [-0.05, 0) is 76.0 Å². The molecular formula is C28H44O4. The third-order valence-electron chi connectivity index (χ3n) is 6.59. The van der Waals surface area contributed by atoms with E-state index in [0.717, 1.165) is 12.0 Å². The van der Waals surface area contributed by atoms with Gasteiger partial charge in [-0.25, -0.2) is 0 Å². The normalized spacial score (nSPS) is 23.9. The van der Waals surface area contributed by atoms with Gasteiger partial charge in [-0.1, -0.05) is 52.3 Å². The van der Waals surface area contributed by atoms with Crippen molar-refractivity contribution in [1.29, 1.82) is 0 Å². The second kappa shape index (κ2) is 11.4. The highest BCUT2D eigenvalue weighted by molar-refractivity contribution is 5.78. The fourth-order valence-electron chi connectivity index (χ4n) is 4.57. The number of benzene rings is 1. The maximum atomic E-state index is 12.4. The lowest BCUT2D eigenvalue weighted by atomic mass is 9.75. The number of esters is 1. The van der Waals surface area contributed by atoms with Gasteiger partial charge in [0.05, 0.1) is 24.7 Å². The second-order valence-electron chi connectivity index (χ2n) is 10.9. The third kappa shape index (κ3) is 6.84. The zero-order valence-electron chi connectivity index (χ0n) is 21.6. The smallest absolute Gasteiger partial charge is 0.316 e. The van der Waals surface area contributed by atoms with E-state index in [9.17, 15) is 4.79 Å². The number of carbonyl (C=O) groups excluding carboxylic acids is 1. The summed E-state index contributed by atoms with van der Waals surface area (Å²) in [5.74, 6) is 2.77. The molecule has 0 bridgehead atoms. The number of rotatable bonds is 8. The Bertz CT molecular complexity index is 774. The number of hydrogen-bond acceptors (Lipinski definition) is 4. The Morgan fingerprint density at radius 3 is 2.38 bits per heavy atom. The molecule has 180 valence electrons. The van der Waals surface area contributed by atoms with Gasteiger partial charge in [0.2, 0.25) is 0 Å². The first kappa shape index (κ1) is 26.4. The largest absolute Gasteiger partial charge is 0.493 e. The molecule has 0 spiro atoms. The molecule has 0 heterocycles. The minimum absolute atomic E-state index is 0.0935. The van der Waals surface area contributed by atoms with E-state index in [1.54, 1.807) is 7.11 Å². The van der Waals surface area contributed by atoms with E-state index in [4.69, 9.17) is 14.2 Å². The Morgan fingerprint density at radius 1 is 1.12 bits per heavy atom. The molecular weight excluding hydrogens is 400 g/mol. The van der Waals surface area contributed by atoms with Crippen LogP contribution in [0.4, 0.5) is 0 Å². The molecule has 1 saturated carbocycles. The number of hydrogen-bond donors (Lipinski definition) is 0. The molecule has 0 saturated heterocycles. The van der Waals surface area contributed by atoms with Crippen LogP contribution in [-0.4, -0.2) is 19.2 Å². The minimum atomic E-state index is -0.584. The highest BCUT2D eigenvalue weighted by Crippen LogP contribution is 2.41. The molecule has 1 aliphatic rings. The van der Waals surface area contributed by atoms with Crippen molar-refractivity contribution in [2.24, 2.45) is 29.1 Å². The highest BCUT2D eigenvalue weighted by Gasteiger charge is 2.35. The molecule has 5 atom stereocenters. The summed E-state index contributed by atoms with van der Waals surface area (Å²) < 4.78 is 18.1.